The molecule has 0 aliphatic heterocycles. The number of unbranched alkanes of at least 4 members (excludes halogenated alkanes) is 12. The fourth-order valence-electron chi connectivity index (χ4n) is 5.07. The molecule has 0 heterocycles. The number of ether oxygens (including phenoxy) is 2. The van der Waals surface area contributed by atoms with E-state index in [-0.39, 0.29) is 6.42 Å². The molecule has 0 aromatic carbocycles. The van der Waals surface area contributed by atoms with Gasteiger partial charge in [-0.05, 0) is 48.9 Å². The lowest BCUT2D eigenvalue weighted by molar-refractivity contribution is -0.216. The molecule has 7 N–H and O–H groups in total. The van der Waals surface area contributed by atoms with E-state index in [0.29, 0.717) is 6.42 Å². The quantitative estimate of drug-likeness (QED) is 0.0244. The molecule has 1 aliphatic carbocycles. The molecule has 0 amide bonds. The lowest BCUT2D eigenvalue weighted by Crippen LogP contribution is -2.64. The minimum atomic E-state index is -5.38. The molecule has 1 aliphatic rings. The van der Waals surface area contributed by atoms with Crippen molar-refractivity contribution in [1.29, 1.82) is 0 Å². The van der Waals surface area contributed by atoms with Gasteiger partial charge in [0.15, 0.2) is 6.10 Å². The second-order valence-corrected chi connectivity index (χ2v) is 14.8. The first-order valence-electron chi connectivity index (χ1n) is 17.5. The van der Waals surface area contributed by atoms with E-state index in [1.165, 1.54) is 44.9 Å². The third kappa shape index (κ3) is 22.3. The van der Waals surface area contributed by atoms with E-state index in [0.717, 1.165) is 32.1 Å². The molecule has 53 heavy (non-hydrogen) atoms. The summed E-state index contributed by atoms with van der Waals surface area (Å²) in [6.07, 6.45) is -0.866. The predicted molar refractivity (Wildman–Crippen MR) is 190 cm³/mol. The molecule has 16 nitrogen and oxygen atoms in total. The minimum absolute atomic E-state index is 0.0179. The molecule has 0 bridgehead atoms. The van der Waals surface area contributed by atoms with Gasteiger partial charge in [-0.2, -0.15) is 0 Å². The molecule has 0 aromatic heterocycles. The van der Waals surface area contributed by atoms with Gasteiger partial charge in [0.05, 0.1) is 6.61 Å². The SMILES string of the molecule is CC#CC#CC#CC#CC(=O)OC[C@@H](COP(=O)(O)OC1C(O)C(OP(=O)(O)O)C(O)[C@H](O)C1O)OC(=O)CCCCCCCCCCCCCCC. The molecule has 0 radical (unpaired) electrons. The molecule has 6 unspecified atom stereocenters. The highest BCUT2D eigenvalue weighted by molar-refractivity contribution is 7.47. The fraction of sp³-hybridized carbons (Fsp3) is 0.714. The smallest absolute Gasteiger partial charge is 0.456 e. The zero-order chi connectivity index (χ0) is 39.7. The van der Waals surface area contributed by atoms with Crippen LogP contribution >= 0.6 is 15.6 Å². The van der Waals surface area contributed by atoms with Crippen LogP contribution in [-0.2, 0) is 41.8 Å². The van der Waals surface area contributed by atoms with Crippen LogP contribution in [0.5, 0.6) is 0 Å². The molecule has 1 fully saturated rings. The van der Waals surface area contributed by atoms with Crippen LogP contribution in [-0.4, -0.2) is 103 Å². The fourth-order valence-corrected chi connectivity index (χ4v) is 6.61. The van der Waals surface area contributed by atoms with Gasteiger partial charge in [0.25, 0.3) is 0 Å². The molecule has 298 valence electrons. The van der Waals surface area contributed by atoms with E-state index in [2.05, 4.69) is 58.8 Å². The number of carbonyl (C=O) groups excluding carboxylic acids is 2. The number of esters is 2. The summed E-state index contributed by atoms with van der Waals surface area (Å²) in [5.41, 5.74) is 0. The Morgan fingerprint density at radius 1 is 0.642 bits per heavy atom. The Balaban J connectivity index is 2.78. The van der Waals surface area contributed by atoms with Crippen molar-refractivity contribution in [3.8, 4) is 47.4 Å². The number of aliphatic hydroxyl groups is 4. The second kappa shape index (κ2) is 26.9. The summed E-state index contributed by atoms with van der Waals surface area (Å²) in [5.74, 6) is 16.9. The van der Waals surface area contributed by atoms with Gasteiger partial charge >= 0.3 is 27.6 Å². The van der Waals surface area contributed by atoms with Gasteiger partial charge in [-0.25, -0.2) is 13.9 Å². The average Bonchev–Trinajstić information content (AvgIpc) is 3.10. The van der Waals surface area contributed by atoms with Gasteiger partial charge in [-0.15, -0.1) is 0 Å². The summed E-state index contributed by atoms with van der Waals surface area (Å²) in [6, 6.07) is 0. The Labute approximate surface area is 311 Å². The van der Waals surface area contributed by atoms with Crippen LogP contribution < -0.4 is 0 Å². The summed E-state index contributed by atoms with van der Waals surface area (Å²) in [7, 11) is -10.7. The Morgan fingerprint density at radius 2 is 1.13 bits per heavy atom. The predicted octanol–water partition coefficient (Wildman–Crippen LogP) is 2.39. The molecule has 18 heteroatoms. The molecule has 0 aromatic rings. The van der Waals surface area contributed by atoms with E-state index >= 15 is 0 Å². The highest BCUT2D eigenvalue weighted by Gasteiger charge is 2.54. The van der Waals surface area contributed by atoms with E-state index in [4.69, 9.17) is 28.3 Å². The molecule has 0 saturated heterocycles. The Hall–Kier alpha value is -2.76. The molecule has 8 atom stereocenters. The largest absolute Gasteiger partial charge is 0.472 e. The number of hydrogen-bond donors (Lipinski definition) is 7. The third-order valence-electron chi connectivity index (χ3n) is 7.77. The van der Waals surface area contributed by atoms with Crippen LogP contribution in [0.2, 0.25) is 0 Å². The number of hydrogen-bond acceptors (Lipinski definition) is 13. The van der Waals surface area contributed by atoms with Gasteiger partial charge in [-0.1, -0.05) is 89.9 Å². The first kappa shape index (κ1) is 48.3. The number of phosphoric ester groups is 2. The van der Waals surface area contributed by atoms with Crippen LogP contribution in [0.4, 0.5) is 0 Å². The van der Waals surface area contributed by atoms with Crippen molar-refractivity contribution >= 4 is 27.6 Å². The van der Waals surface area contributed by atoms with Gasteiger partial charge in [0.1, 0.15) is 43.2 Å². The van der Waals surface area contributed by atoms with Crippen LogP contribution in [0.1, 0.15) is 104 Å². The number of carbonyl (C=O) groups is 2. The lowest BCUT2D eigenvalue weighted by atomic mass is 9.85. The van der Waals surface area contributed by atoms with Crippen molar-refractivity contribution in [2.45, 2.75) is 146 Å². The average molecular weight is 791 g/mol. The Kier molecular flexibility index (Phi) is 24.5. The number of aliphatic hydroxyl groups excluding tert-OH is 4. The molecular weight excluding hydrogens is 738 g/mol. The van der Waals surface area contributed by atoms with Crippen LogP contribution in [0, 0.1) is 47.4 Å². The summed E-state index contributed by atoms with van der Waals surface area (Å²) >= 11 is 0. The van der Waals surface area contributed by atoms with Crippen molar-refractivity contribution in [1.82, 2.24) is 0 Å². The summed E-state index contributed by atoms with van der Waals surface area (Å²) in [5, 5.41) is 40.8. The molecule has 0 spiro atoms. The highest BCUT2D eigenvalue weighted by Crippen LogP contribution is 2.49. The van der Waals surface area contributed by atoms with Crippen molar-refractivity contribution in [2.75, 3.05) is 13.2 Å². The molecule has 1 saturated carbocycles. The number of phosphoric acid groups is 2. The van der Waals surface area contributed by atoms with Crippen molar-refractivity contribution in [3.05, 3.63) is 0 Å². The third-order valence-corrected chi connectivity index (χ3v) is 9.27. The van der Waals surface area contributed by atoms with E-state index in [9.17, 15) is 44.0 Å². The Bertz CT molecular complexity index is 1470. The lowest BCUT2D eigenvalue weighted by Gasteiger charge is -2.43. The van der Waals surface area contributed by atoms with E-state index in [1.54, 1.807) is 6.92 Å². The minimum Gasteiger partial charge on any atom is -0.456 e. The van der Waals surface area contributed by atoms with Crippen LogP contribution in [0.25, 0.3) is 0 Å². The van der Waals surface area contributed by atoms with Gasteiger partial charge in [-0.3, -0.25) is 18.4 Å². The topological polar surface area (TPSA) is 256 Å². The Morgan fingerprint density at radius 3 is 1.66 bits per heavy atom. The molecular formula is C35H52O16P2. The summed E-state index contributed by atoms with van der Waals surface area (Å²) in [4.78, 5) is 53.2. The van der Waals surface area contributed by atoms with E-state index < -0.39 is 83.5 Å². The standard InChI is InChI=1S/C35H52O16P2/c1-3-5-7-9-11-12-13-14-15-16-18-20-22-24-29(37)49-27(25-47-28(36)23-21-19-17-10-8-6-4-2)26-48-53(45,46)51-35-32(40)30(38)31(39)34(33(35)41)50-52(42,43)44/h27,30-35,38-41H,3,5,7,9,11-16,18,20,22,24-26H2,1-2H3,(H,45,46)(H2,42,43,44)/t27-,30-,31?,32?,33?,34?,35?/m0/s1. The van der Waals surface area contributed by atoms with Crippen molar-refractivity contribution in [3.63, 3.8) is 0 Å². The van der Waals surface area contributed by atoms with Gasteiger partial charge in [0.2, 0.25) is 0 Å². The zero-order valence-corrected chi connectivity index (χ0v) is 31.8. The number of rotatable bonds is 24. The monoisotopic (exact) mass is 790 g/mol. The maximum absolute atomic E-state index is 12.8. The maximum atomic E-state index is 12.8. The summed E-state index contributed by atoms with van der Waals surface area (Å²) < 4.78 is 48.3. The maximum Gasteiger partial charge on any atom is 0.472 e. The van der Waals surface area contributed by atoms with Gasteiger partial charge in [0, 0.05) is 12.3 Å². The molecule has 1 rings (SSSR count). The van der Waals surface area contributed by atoms with E-state index in [1.807, 2.05) is 0 Å². The van der Waals surface area contributed by atoms with Crippen LogP contribution in [0.3, 0.4) is 0 Å². The zero-order valence-electron chi connectivity index (χ0n) is 30.1. The normalized spacial score (nSPS) is 22.5. The second-order valence-electron chi connectivity index (χ2n) is 12.2. The van der Waals surface area contributed by atoms with Crippen molar-refractivity contribution in [2.24, 2.45) is 0 Å². The summed E-state index contributed by atoms with van der Waals surface area (Å²) in [6.45, 7) is 2.15. The van der Waals surface area contributed by atoms with Crippen LogP contribution in [0.15, 0.2) is 0 Å². The van der Waals surface area contributed by atoms with Gasteiger partial charge < -0.3 is 44.6 Å². The first-order valence-corrected chi connectivity index (χ1v) is 20.5. The highest BCUT2D eigenvalue weighted by atomic mass is 31.2. The first-order chi connectivity index (χ1) is 25.1. The van der Waals surface area contributed by atoms with Crippen molar-refractivity contribution < 1.29 is 76.9 Å².